The van der Waals surface area contributed by atoms with Crippen LogP contribution in [0.1, 0.15) is 374 Å². The lowest BCUT2D eigenvalue weighted by Gasteiger charge is -2.21. The first kappa shape index (κ1) is 104. The molecule has 0 bridgehead atoms. The summed E-state index contributed by atoms with van der Waals surface area (Å²) in [5.74, 6) is -2.20. The van der Waals surface area contributed by atoms with Crippen LogP contribution in [0.4, 0.5) is 0 Å². The van der Waals surface area contributed by atoms with Gasteiger partial charge in [0.1, 0.15) is 19.3 Å². The van der Waals surface area contributed by atoms with Crippen molar-refractivity contribution in [3.8, 4) is 0 Å². The summed E-state index contributed by atoms with van der Waals surface area (Å²) in [6.45, 7) is 4.74. The molecule has 19 heteroatoms. The second kappa shape index (κ2) is 80.8. The van der Waals surface area contributed by atoms with Crippen LogP contribution in [-0.4, -0.2) is 96.7 Å². The van der Waals surface area contributed by atoms with Crippen molar-refractivity contribution in [1.82, 2.24) is 0 Å². The fraction of sp³-hybridized carbons (Fsp3) is 0.753. The van der Waals surface area contributed by atoms with Crippen LogP contribution in [0.5, 0.6) is 0 Å². The molecule has 108 heavy (non-hydrogen) atoms. The van der Waals surface area contributed by atoms with Gasteiger partial charge in [0.25, 0.3) is 0 Å². The molecule has 5 atom stereocenters. The fourth-order valence-corrected chi connectivity index (χ4v) is 13.2. The molecule has 0 saturated carbocycles. The highest BCUT2D eigenvalue weighted by Crippen LogP contribution is 2.45. The average molecular weight is 1560 g/mol. The zero-order valence-corrected chi connectivity index (χ0v) is 70.3. The topological polar surface area (TPSA) is 237 Å². The molecule has 0 aromatic carbocycles. The van der Waals surface area contributed by atoms with Gasteiger partial charge < -0.3 is 33.8 Å². The van der Waals surface area contributed by atoms with E-state index in [4.69, 9.17) is 37.0 Å². The molecule has 0 radical (unpaired) electrons. The Morgan fingerprint density at radius 2 is 0.481 bits per heavy atom. The molecule has 0 aliphatic heterocycles. The van der Waals surface area contributed by atoms with Gasteiger partial charge in [0.05, 0.1) is 26.4 Å². The van der Waals surface area contributed by atoms with Crippen LogP contribution < -0.4 is 0 Å². The standard InChI is InChI=1S/C89H156O17P2/c1-5-9-13-17-21-25-29-33-37-39-41-43-47-50-54-58-62-66-70-74-87(92)100-80-85(106-89(94)76-72-68-64-60-56-52-48-44-42-40-38-34-30-26-22-18-14-10-6-2)82-104-108(97,98)102-78-83(90)77-101-107(95,96)103-81-84(105-88(93)75-71-67-63-59-55-51-46-36-32-28-24-20-16-12-8-4)79-99-86(91)73-69-65-61-57-53-49-45-35-31-27-23-19-15-11-7-3/h9,13,21-22,25-26,33-38,41-46,83-85,90H,5-8,10-12,14-20,23-24,27-32,39-40,47-82H2,1-4H3,(H,95,96)(H,97,98)/b13-9-,25-21-,26-22-,37-33-,38-34-,43-41-,44-42-,45-35-,46-36-. The molecule has 0 amide bonds. The highest BCUT2D eigenvalue weighted by Gasteiger charge is 2.30. The van der Waals surface area contributed by atoms with Gasteiger partial charge in [-0.05, 0) is 154 Å². The first-order valence-electron chi connectivity index (χ1n) is 43.1. The molecule has 0 heterocycles. The zero-order valence-electron chi connectivity index (χ0n) is 68.5. The number of aliphatic hydroxyl groups excluding tert-OH is 1. The number of allylic oxidation sites excluding steroid dienone is 18. The fourth-order valence-electron chi connectivity index (χ4n) is 11.6. The van der Waals surface area contributed by atoms with Crippen LogP contribution in [0, 0.1) is 0 Å². The Hall–Kier alpha value is -4.28. The van der Waals surface area contributed by atoms with Gasteiger partial charge in [-0.25, -0.2) is 9.13 Å². The third-order valence-electron chi connectivity index (χ3n) is 18.2. The first-order valence-corrected chi connectivity index (χ1v) is 46.1. The number of rotatable bonds is 81. The predicted molar refractivity (Wildman–Crippen MR) is 445 cm³/mol. The van der Waals surface area contributed by atoms with E-state index < -0.39 is 97.5 Å². The lowest BCUT2D eigenvalue weighted by Crippen LogP contribution is -2.30. The minimum Gasteiger partial charge on any atom is -0.462 e. The van der Waals surface area contributed by atoms with Crippen LogP contribution in [0.2, 0.25) is 0 Å². The number of carbonyl (C=O) groups is 4. The molecule has 0 fully saturated rings. The van der Waals surface area contributed by atoms with E-state index in [0.29, 0.717) is 25.7 Å². The smallest absolute Gasteiger partial charge is 0.462 e. The molecular formula is C89H156O17P2. The number of unbranched alkanes of at least 4 members (excludes halogenated alkanes) is 37. The Bertz CT molecular complexity index is 2470. The minimum atomic E-state index is -4.99. The third kappa shape index (κ3) is 79.8. The SMILES string of the molecule is CC/C=C\C/C=C\C/C=C\C/C=C\CCCCCCCCC(=O)OCC(COP(=O)(O)OCC(O)COP(=O)(O)OCC(COC(=O)CCCCCCC/C=C\CCCCCCCC)OC(=O)CCCCCCC/C=C\CCCCCCCC)OC(=O)CCCCCCCC/C=C\C/C=C\C/C=C\CCCCC. The van der Waals surface area contributed by atoms with Gasteiger partial charge >= 0.3 is 39.5 Å². The van der Waals surface area contributed by atoms with E-state index in [9.17, 15) is 43.2 Å². The van der Waals surface area contributed by atoms with Gasteiger partial charge in [-0.2, -0.15) is 0 Å². The van der Waals surface area contributed by atoms with Crippen LogP contribution in [0.25, 0.3) is 0 Å². The molecule has 0 saturated heterocycles. The summed E-state index contributed by atoms with van der Waals surface area (Å²) in [5.41, 5.74) is 0. The van der Waals surface area contributed by atoms with Crippen molar-refractivity contribution in [3.63, 3.8) is 0 Å². The molecule has 0 rings (SSSR count). The van der Waals surface area contributed by atoms with Gasteiger partial charge in [-0.3, -0.25) is 37.3 Å². The average Bonchev–Trinajstić information content (AvgIpc) is 0.896. The first-order chi connectivity index (χ1) is 52.7. The van der Waals surface area contributed by atoms with Crippen molar-refractivity contribution >= 4 is 39.5 Å². The predicted octanol–water partition coefficient (Wildman–Crippen LogP) is 25.7. The van der Waals surface area contributed by atoms with Crippen LogP contribution in [0.3, 0.4) is 0 Å². The molecular weight excluding hydrogens is 1400 g/mol. The van der Waals surface area contributed by atoms with Crippen LogP contribution >= 0.6 is 15.6 Å². The molecule has 3 N–H and O–H groups in total. The number of ether oxygens (including phenoxy) is 4. The normalized spacial score (nSPS) is 14.3. The summed E-state index contributed by atoms with van der Waals surface area (Å²) in [6.07, 6.45) is 89.0. The van der Waals surface area contributed by atoms with E-state index in [1.165, 1.54) is 96.3 Å². The van der Waals surface area contributed by atoms with Crippen LogP contribution in [0.15, 0.2) is 109 Å². The molecule has 624 valence electrons. The van der Waals surface area contributed by atoms with E-state index in [0.717, 1.165) is 199 Å². The monoisotopic (exact) mass is 1560 g/mol. The van der Waals surface area contributed by atoms with Crippen molar-refractivity contribution < 1.29 is 80.2 Å². The summed E-state index contributed by atoms with van der Waals surface area (Å²) in [4.78, 5) is 73.3. The second-order valence-corrected chi connectivity index (χ2v) is 31.6. The van der Waals surface area contributed by atoms with Gasteiger partial charge in [0.2, 0.25) is 0 Å². The van der Waals surface area contributed by atoms with Crippen molar-refractivity contribution in [1.29, 1.82) is 0 Å². The van der Waals surface area contributed by atoms with Crippen molar-refractivity contribution in [3.05, 3.63) is 109 Å². The Balaban J connectivity index is 5.40. The highest BCUT2D eigenvalue weighted by molar-refractivity contribution is 7.47. The second-order valence-electron chi connectivity index (χ2n) is 28.7. The lowest BCUT2D eigenvalue weighted by atomic mass is 10.1. The van der Waals surface area contributed by atoms with Crippen molar-refractivity contribution in [2.45, 2.75) is 393 Å². The third-order valence-corrected chi connectivity index (χ3v) is 20.1. The lowest BCUT2D eigenvalue weighted by molar-refractivity contribution is -0.161. The van der Waals surface area contributed by atoms with Crippen molar-refractivity contribution in [2.24, 2.45) is 0 Å². The number of phosphoric ester groups is 2. The maximum atomic E-state index is 13.1. The molecule has 0 aromatic heterocycles. The zero-order chi connectivity index (χ0) is 78.9. The Morgan fingerprint density at radius 3 is 0.769 bits per heavy atom. The van der Waals surface area contributed by atoms with Crippen molar-refractivity contribution in [2.75, 3.05) is 39.6 Å². The minimum absolute atomic E-state index is 0.0758. The molecule has 0 spiro atoms. The Kier molecular flexibility index (Phi) is 77.6. The summed E-state index contributed by atoms with van der Waals surface area (Å²) in [6, 6.07) is 0. The number of phosphoric acid groups is 2. The number of aliphatic hydroxyl groups is 1. The van der Waals surface area contributed by atoms with Gasteiger partial charge in [-0.15, -0.1) is 0 Å². The molecule has 17 nitrogen and oxygen atoms in total. The molecule has 0 aromatic rings. The van der Waals surface area contributed by atoms with E-state index in [1.807, 2.05) is 0 Å². The van der Waals surface area contributed by atoms with Crippen LogP contribution in [-0.2, 0) is 65.4 Å². The number of hydrogen-bond donors (Lipinski definition) is 3. The Labute approximate surface area is 658 Å². The number of carbonyl (C=O) groups excluding carboxylic acids is 4. The maximum absolute atomic E-state index is 13.1. The summed E-state index contributed by atoms with van der Waals surface area (Å²) in [7, 11) is -9.98. The number of hydrogen-bond acceptors (Lipinski definition) is 15. The van der Waals surface area contributed by atoms with E-state index in [1.54, 1.807) is 0 Å². The molecule has 0 aliphatic rings. The van der Waals surface area contributed by atoms with Gasteiger partial charge in [0.15, 0.2) is 12.2 Å². The molecule has 0 aliphatic carbocycles. The summed E-state index contributed by atoms with van der Waals surface area (Å²) in [5, 5.41) is 10.7. The highest BCUT2D eigenvalue weighted by atomic mass is 31.2. The van der Waals surface area contributed by atoms with Gasteiger partial charge in [-0.1, -0.05) is 304 Å². The molecule has 5 unspecified atom stereocenters. The van der Waals surface area contributed by atoms with E-state index >= 15 is 0 Å². The van der Waals surface area contributed by atoms with E-state index in [-0.39, 0.29) is 25.7 Å². The maximum Gasteiger partial charge on any atom is 0.472 e. The quantitative estimate of drug-likeness (QED) is 0.0169. The van der Waals surface area contributed by atoms with E-state index in [2.05, 4.69) is 137 Å². The van der Waals surface area contributed by atoms with Gasteiger partial charge in [0, 0.05) is 25.7 Å². The largest absolute Gasteiger partial charge is 0.472 e. The Morgan fingerprint density at radius 1 is 0.269 bits per heavy atom. The summed E-state index contributed by atoms with van der Waals surface area (Å²) >= 11 is 0. The summed E-state index contributed by atoms with van der Waals surface area (Å²) < 4.78 is 68.8. The number of esters is 4.